The number of para-hydroxylation sites is 4. The highest BCUT2D eigenvalue weighted by molar-refractivity contribution is 6.08. The number of fused-ring (bicyclic) bond motifs is 4. The molecule has 9 aromatic carbocycles. The van der Waals surface area contributed by atoms with Gasteiger partial charge in [0.2, 0.25) is 0 Å². The summed E-state index contributed by atoms with van der Waals surface area (Å²) in [5.74, 6) is 0.570. The van der Waals surface area contributed by atoms with Crippen molar-refractivity contribution in [1.29, 1.82) is 0 Å². The number of rotatable bonds is 8. The molecule has 0 N–H and O–H groups in total. The fourth-order valence-corrected chi connectivity index (χ4v) is 9.83. The molecule has 2 nitrogen and oxygen atoms in total. The standard InChI is InChI=1S/C58H45NO/c1-3-17-40(18-4-1)41-33-35-43(36-34-41)46-23-7-11-29-53(46)59(54-30-12-8-24-47(54)45-37-38-51-50-26-10-14-32-56(50)60-57(51)39-45)55-31-13-9-25-49(55)52-28-16-22-44-21-15-27-48(58(44)52)42-19-5-2-6-20-42/h1,3-4,7-18,21-39,42H,2,5-6,19-20H2. The van der Waals surface area contributed by atoms with Gasteiger partial charge in [-0.1, -0.05) is 189 Å². The Hall–Kier alpha value is -7.16. The van der Waals surface area contributed by atoms with E-state index in [0.29, 0.717) is 5.92 Å². The Bertz CT molecular complexity index is 3130. The van der Waals surface area contributed by atoms with Crippen LogP contribution in [0.5, 0.6) is 0 Å². The Morgan fingerprint density at radius 2 is 0.900 bits per heavy atom. The molecule has 1 aromatic heterocycles. The van der Waals surface area contributed by atoms with E-state index >= 15 is 0 Å². The Labute approximate surface area is 352 Å². The number of nitrogens with zero attached hydrogens (tertiary/aromatic N) is 1. The van der Waals surface area contributed by atoms with E-state index < -0.39 is 0 Å². The molecule has 0 atom stereocenters. The lowest BCUT2D eigenvalue weighted by Crippen LogP contribution is -2.13. The van der Waals surface area contributed by atoms with Gasteiger partial charge in [-0.3, -0.25) is 0 Å². The lowest BCUT2D eigenvalue weighted by molar-refractivity contribution is 0.445. The van der Waals surface area contributed by atoms with Crippen LogP contribution in [-0.4, -0.2) is 0 Å². The number of anilines is 3. The number of furan rings is 1. The average Bonchev–Trinajstić information content (AvgIpc) is 3.70. The molecule has 1 heterocycles. The minimum atomic E-state index is 0.570. The van der Waals surface area contributed by atoms with Gasteiger partial charge in [0.1, 0.15) is 11.2 Å². The fraction of sp³-hybridized carbons (Fsp3) is 0.103. The summed E-state index contributed by atoms with van der Waals surface area (Å²) < 4.78 is 6.47. The molecule has 1 aliphatic carbocycles. The summed E-state index contributed by atoms with van der Waals surface area (Å²) in [6, 6.07) is 75.3. The van der Waals surface area contributed by atoms with Crippen LogP contribution in [0.15, 0.2) is 211 Å². The highest BCUT2D eigenvalue weighted by Gasteiger charge is 2.25. The van der Waals surface area contributed by atoms with Crippen molar-refractivity contribution in [2.24, 2.45) is 0 Å². The second-order valence-electron chi connectivity index (χ2n) is 16.2. The average molecular weight is 772 g/mol. The second kappa shape index (κ2) is 15.5. The zero-order valence-electron chi connectivity index (χ0n) is 33.6. The van der Waals surface area contributed by atoms with Crippen LogP contribution in [-0.2, 0) is 0 Å². The molecule has 11 rings (SSSR count). The van der Waals surface area contributed by atoms with E-state index in [1.54, 1.807) is 0 Å². The van der Waals surface area contributed by atoms with E-state index in [0.717, 1.165) is 55.7 Å². The van der Waals surface area contributed by atoms with Gasteiger partial charge in [0.05, 0.1) is 17.1 Å². The van der Waals surface area contributed by atoms with Crippen LogP contribution in [0.1, 0.15) is 43.6 Å². The van der Waals surface area contributed by atoms with Crippen molar-refractivity contribution < 1.29 is 4.42 Å². The van der Waals surface area contributed by atoms with E-state index in [4.69, 9.17) is 4.42 Å². The summed E-state index contributed by atoms with van der Waals surface area (Å²) in [5, 5.41) is 4.95. The van der Waals surface area contributed by atoms with E-state index in [-0.39, 0.29) is 0 Å². The highest BCUT2D eigenvalue weighted by atomic mass is 16.3. The zero-order chi connectivity index (χ0) is 39.8. The maximum absolute atomic E-state index is 6.47. The van der Waals surface area contributed by atoms with Gasteiger partial charge in [-0.15, -0.1) is 0 Å². The van der Waals surface area contributed by atoms with Crippen molar-refractivity contribution >= 4 is 49.8 Å². The first-order chi connectivity index (χ1) is 29.8. The summed E-state index contributed by atoms with van der Waals surface area (Å²) in [4.78, 5) is 2.51. The van der Waals surface area contributed by atoms with Crippen LogP contribution >= 0.6 is 0 Å². The van der Waals surface area contributed by atoms with Crippen LogP contribution in [0.3, 0.4) is 0 Å². The first-order valence-electron chi connectivity index (χ1n) is 21.5. The molecule has 0 spiro atoms. The SMILES string of the molecule is c1ccc(-c2ccc(-c3ccccc3N(c3ccccc3-c3ccc4c(c3)oc3ccccc34)c3ccccc3-c3cccc4cccc(C5CCCCC5)c34)cc2)cc1. The Kier molecular flexibility index (Phi) is 9.32. The second-order valence-corrected chi connectivity index (χ2v) is 16.2. The lowest BCUT2D eigenvalue weighted by atomic mass is 9.80. The van der Waals surface area contributed by atoms with Gasteiger partial charge >= 0.3 is 0 Å². The molecule has 0 radical (unpaired) electrons. The molecule has 1 fully saturated rings. The van der Waals surface area contributed by atoms with Crippen LogP contribution in [0.2, 0.25) is 0 Å². The van der Waals surface area contributed by atoms with Crippen LogP contribution in [0.4, 0.5) is 17.1 Å². The predicted molar refractivity (Wildman–Crippen MR) is 253 cm³/mol. The van der Waals surface area contributed by atoms with Crippen molar-refractivity contribution in [1.82, 2.24) is 0 Å². The van der Waals surface area contributed by atoms with Crippen LogP contribution in [0.25, 0.3) is 77.2 Å². The molecule has 2 heteroatoms. The number of benzene rings is 9. The maximum Gasteiger partial charge on any atom is 0.136 e. The van der Waals surface area contributed by atoms with Gasteiger partial charge in [-0.2, -0.15) is 0 Å². The van der Waals surface area contributed by atoms with Gasteiger partial charge in [0, 0.05) is 27.5 Å². The fourth-order valence-electron chi connectivity index (χ4n) is 9.83. The maximum atomic E-state index is 6.47. The Morgan fingerprint density at radius 3 is 1.65 bits per heavy atom. The topological polar surface area (TPSA) is 16.4 Å². The predicted octanol–water partition coefficient (Wildman–Crippen LogP) is 16.9. The van der Waals surface area contributed by atoms with Crippen LogP contribution in [0, 0.1) is 0 Å². The molecule has 0 saturated heterocycles. The molecule has 1 saturated carbocycles. The molecule has 0 amide bonds. The normalized spacial score (nSPS) is 13.3. The van der Waals surface area contributed by atoms with Gasteiger partial charge in [0.15, 0.2) is 0 Å². The molecular formula is C58H45NO. The molecule has 0 bridgehead atoms. The van der Waals surface area contributed by atoms with Crippen molar-refractivity contribution in [2.45, 2.75) is 38.0 Å². The van der Waals surface area contributed by atoms with Crippen molar-refractivity contribution in [2.75, 3.05) is 4.90 Å². The molecule has 288 valence electrons. The monoisotopic (exact) mass is 771 g/mol. The summed E-state index contributed by atoms with van der Waals surface area (Å²) in [5.41, 5.74) is 16.1. The molecular weight excluding hydrogens is 727 g/mol. The number of hydrogen-bond donors (Lipinski definition) is 0. The Balaban J connectivity index is 1.14. The third-order valence-electron chi connectivity index (χ3n) is 12.7. The highest BCUT2D eigenvalue weighted by Crippen LogP contribution is 2.50. The Morgan fingerprint density at radius 1 is 0.367 bits per heavy atom. The van der Waals surface area contributed by atoms with Crippen LogP contribution < -0.4 is 4.90 Å². The first-order valence-corrected chi connectivity index (χ1v) is 21.5. The third kappa shape index (κ3) is 6.46. The van der Waals surface area contributed by atoms with Gasteiger partial charge in [-0.25, -0.2) is 0 Å². The molecule has 1 aliphatic rings. The van der Waals surface area contributed by atoms with Gasteiger partial charge in [-0.05, 0) is 99.3 Å². The summed E-state index contributed by atoms with van der Waals surface area (Å²) in [7, 11) is 0. The quantitative estimate of drug-likeness (QED) is 0.153. The molecule has 60 heavy (non-hydrogen) atoms. The minimum Gasteiger partial charge on any atom is -0.456 e. The van der Waals surface area contributed by atoms with Crippen molar-refractivity contribution in [3.63, 3.8) is 0 Å². The molecule has 0 unspecified atom stereocenters. The van der Waals surface area contributed by atoms with E-state index in [2.05, 4.69) is 205 Å². The zero-order valence-corrected chi connectivity index (χ0v) is 33.6. The van der Waals surface area contributed by atoms with E-state index in [1.807, 2.05) is 6.07 Å². The summed E-state index contributed by atoms with van der Waals surface area (Å²) in [6.07, 6.45) is 6.44. The first kappa shape index (κ1) is 36.0. The molecule has 10 aromatic rings. The van der Waals surface area contributed by atoms with Crippen molar-refractivity contribution in [3.05, 3.63) is 212 Å². The van der Waals surface area contributed by atoms with E-state index in [9.17, 15) is 0 Å². The molecule has 0 aliphatic heterocycles. The van der Waals surface area contributed by atoms with Crippen molar-refractivity contribution in [3.8, 4) is 44.5 Å². The van der Waals surface area contributed by atoms with E-state index in [1.165, 1.54) is 76.3 Å². The summed E-state index contributed by atoms with van der Waals surface area (Å²) >= 11 is 0. The van der Waals surface area contributed by atoms with Gasteiger partial charge < -0.3 is 9.32 Å². The largest absolute Gasteiger partial charge is 0.456 e. The summed E-state index contributed by atoms with van der Waals surface area (Å²) in [6.45, 7) is 0. The lowest BCUT2D eigenvalue weighted by Gasteiger charge is -2.32. The smallest absolute Gasteiger partial charge is 0.136 e. The van der Waals surface area contributed by atoms with Gasteiger partial charge in [0.25, 0.3) is 0 Å². The number of hydrogen-bond acceptors (Lipinski definition) is 2. The minimum absolute atomic E-state index is 0.570. The third-order valence-corrected chi connectivity index (χ3v) is 12.7.